The first kappa shape index (κ1) is 15.0. The summed E-state index contributed by atoms with van der Waals surface area (Å²) in [5, 5.41) is 7.98. The number of thiophene rings is 1. The van der Waals surface area contributed by atoms with Crippen LogP contribution in [0.2, 0.25) is 0 Å². The van der Waals surface area contributed by atoms with Crippen molar-refractivity contribution in [2.45, 2.75) is 39.3 Å². The first-order valence-corrected chi connectivity index (χ1v) is 7.82. The zero-order valence-electron chi connectivity index (χ0n) is 11.9. The molecule has 20 heavy (non-hydrogen) atoms. The number of nitrogens with zero attached hydrogens (tertiary/aromatic N) is 1. The van der Waals surface area contributed by atoms with Crippen LogP contribution in [0, 0.1) is 0 Å². The Bertz CT molecular complexity index is 481. The van der Waals surface area contributed by atoms with Crippen molar-refractivity contribution in [2.75, 3.05) is 18.4 Å². The third-order valence-electron chi connectivity index (χ3n) is 3.41. The molecule has 0 aromatic carbocycles. The average Bonchev–Trinajstić information content (AvgIpc) is 3.05. The van der Waals surface area contributed by atoms with Gasteiger partial charge in [-0.15, -0.1) is 11.3 Å². The van der Waals surface area contributed by atoms with Gasteiger partial charge in [0.05, 0.1) is 11.7 Å². The lowest BCUT2D eigenvalue weighted by molar-refractivity contribution is -0.132. The first-order valence-electron chi connectivity index (χ1n) is 6.94. The Morgan fingerprint density at radius 3 is 2.75 bits per heavy atom. The Balaban J connectivity index is 1.86. The van der Waals surface area contributed by atoms with Crippen LogP contribution in [0.25, 0.3) is 0 Å². The van der Waals surface area contributed by atoms with Crippen LogP contribution in [0.3, 0.4) is 0 Å². The molecule has 1 fully saturated rings. The zero-order valence-corrected chi connectivity index (χ0v) is 12.8. The lowest BCUT2D eigenvalue weighted by Gasteiger charge is -2.21. The van der Waals surface area contributed by atoms with Crippen LogP contribution in [-0.2, 0) is 16.1 Å². The lowest BCUT2D eigenvalue weighted by Crippen LogP contribution is -2.43. The molecule has 2 amide bonds. The maximum Gasteiger partial charge on any atom is 0.239 e. The van der Waals surface area contributed by atoms with E-state index in [9.17, 15) is 9.59 Å². The van der Waals surface area contributed by atoms with Gasteiger partial charge in [-0.2, -0.15) is 0 Å². The van der Waals surface area contributed by atoms with Crippen molar-refractivity contribution in [1.82, 2.24) is 10.2 Å². The molecule has 0 aliphatic carbocycles. The van der Waals surface area contributed by atoms with Gasteiger partial charge in [-0.1, -0.05) is 0 Å². The highest BCUT2D eigenvalue weighted by molar-refractivity contribution is 7.10. The van der Waals surface area contributed by atoms with E-state index >= 15 is 0 Å². The van der Waals surface area contributed by atoms with Gasteiger partial charge in [0.2, 0.25) is 11.8 Å². The molecule has 5 nitrogen and oxygen atoms in total. The topological polar surface area (TPSA) is 61.4 Å². The van der Waals surface area contributed by atoms with Crippen molar-refractivity contribution in [1.29, 1.82) is 0 Å². The minimum atomic E-state index is -0.194. The van der Waals surface area contributed by atoms with Gasteiger partial charge in [0, 0.05) is 31.4 Å². The Morgan fingerprint density at radius 1 is 1.40 bits per heavy atom. The number of carbonyl (C=O) groups excluding carboxylic acids is 2. The molecule has 2 N–H and O–H groups in total. The Labute approximate surface area is 123 Å². The van der Waals surface area contributed by atoms with Crippen molar-refractivity contribution >= 4 is 28.8 Å². The monoisotopic (exact) mass is 295 g/mol. The van der Waals surface area contributed by atoms with Crippen molar-refractivity contribution in [2.24, 2.45) is 0 Å². The molecule has 1 aliphatic heterocycles. The predicted octanol–water partition coefficient (Wildman–Crippen LogP) is 1.81. The molecule has 0 bridgehead atoms. The van der Waals surface area contributed by atoms with Crippen LogP contribution in [-0.4, -0.2) is 35.8 Å². The summed E-state index contributed by atoms with van der Waals surface area (Å²) in [4.78, 5) is 26.2. The zero-order chi connectivity index (χ0) is 14.5. The van der Waals surface area contributed by atoms with E-state index < -0.39 is 0 Å². The van der Waals surface area contributed by atoms with Crippen LogP contribution in [0.15, 0.2) is 11.4 Å². The number of nitrogens with one attached hydrogen (secondary N) is 2. The van der Waals surface area contributed by atoms with E-state index in [1.807, 2.05) is 23.3 Å². The molecule has 0 spiro atoms. The molecule has 1 aliphatic rings. The highest BCUT2D eigenvalue weighted by atomic mass is 32.1. The molecule has 2 heterocycles. The molecule has 1 atom stereocenters. The predicted molar refractivity (Wildman–Crippen MR) is 80.7 cm³/mol. The molecule has 2 rings (SSSR count). The molecule has 110 valence electrons. The number of carbonyl (C=O) groups is 2. The van der Waals surface area contributed by atoms with Crippen molar-refractivity contribution in [3.63, 3.8) is 0 Å². The van der Waals surface area contributed by atoms with Crippen LogP contribution < -0.4 is 10.6 Å². The highest BCUT2D eigenvalue weighted by Crippen LogP contribution is 2.22. The van der Waals surface area contributed by atoms with Gasteiger partial charge >= 0.3 is 0 Å². The van der Waals surface area contributed by atoms with Crippen LogP contribution in [0.5, 0.6) is 0 Å². The number of anilines is 1. The molecule has 1 aromatic heterocycles. The summed E-state index contributed by atoms with van der Waals surface area (Å²) in [5.41, 5.74) is 0.829. The summed E-state index contributed by atoms with van der Waals surface area (Å²) in [7, 11) is 0. The van der Waals surface area contributed by atoms with Crippen molar-refractivity contribution < 1.29 is 9.59 Å². The number of amides is 2. The summed E-state index contributed by atoms with van der Waals surface area (Å²) in [6.07, 6.45) is 2.21. The second-order valence-corrected chi connectivity index (χ2v) is 6.07. The molecular formula is C14H21N3O2S. The largest absolute Gasteiger partial charge is 0.341 e. The standard InChI is InChI=1S/C14H21N3O2S/c1-10(14(19)17-6-3-4-7-17)15-9-13-12(5-8-20-13)16-11(2)18/h5,8,10,15H,3-4,6-7,9H2,1-2H3,(H,16,18). The van der Waals surface area contributed by atoms with Gasteiger partial charge in [-0.05, 0) is 31.2 Å². The minimum Gasteiger partial charge on any atom is -0.341 e. The van der Waals surface area contributed by atoms with Crippen molar-refractivity contribution in [3.05, 3.63) is 16.3 Å². The average molecular weight is 295 g/mol. The maximum atomic E-state index is 12.2. The summed E-state index contributed by atoms with van der Waals surface area (Å²) in [6, 6.07) is 1.69. The van der Waals surface area contributed by atoms with Gasteiger partial charge in [0.15, 0.2) is 0 Å². The molecule has 6 heteroatoms. The SMILES string of the molecule is CC(=O)Nc1ccsc1CNC(C)C(=O)N1CCCC1. The Kier molecular flexibility index (Phi) is 5.14. The Hall–Kier alpha value is -1.40. The van der Waals surface area contributed by atoms with E-state index in [4.69, 9.17) is 0 Å². The fourth-order valence-electron chi connectivity index (χ4n) is 2.32. The quantitative estimate of drug-likeness (QED) is 0.871. The maximum absolute atomic E-state index is 12.2. The number of rotatable bonds is 5. The first-order chi connectivity index (χ1) is 9.58. The smallest absolute Gasteiger partial charge is 0.239 e. The van der Waals surface area contributed by atoms with Gasteiger partial charge in [0.25, 0.3) is 0 Å². The van der Waals surface area contributed by atoms with E-state index in [2.05, 4.69) is 10.6 Å². The summed E-state index contributed by atoms with van der Waals surface area (Å²) < 4.78 is 0. The van der Waals surface area contributed by atoms with Crippen molar-refractivity contribution in [3.8, 4) is 0 Å². The normalized spacial score (nSPS) is 16.2. The van der Waals surface area contributed by atoms with Crippen LogP contribution in [0.1, 0.15) is 31.6 Å². The fourth-order valence-corrected chi connectivity index (χ4v) is 3.10. The number of hydrogen-bond acceptors (Lipinski definition) is 4. The van der Waals surface area contributed by atoms with Gasteiger partial charge < -0.3 is 15.5 Å². The van der Waals surface area contributed by atoms with Gasteiger partial charge in [-0.25, -0.2) is 0 Å². The van der Waals surface area contributed by atoms with Gasteiger partial charge in [0.1, 0.15) is 0 Å². The molecule has 1 aromatic rings. The molecular weight excluding hydrogens is 274 g/mol. The third kappa shape index (κ3) is 3.80. The molecule has 0 saturated carbocycles. The van der Waals surface area contributed by atoms with E-state index in [1.165, 1.54) is 6.92 Å². The van der Waals surface area contributed by atoms with E-state index in [-0.39, 0.29) is 17.9 Å². The Morgan fingerprint density at radius 2 is 2.10 bits per heavy atom. The number of hydrogen-bond donors (Lipinski definition) is 2. The van der Waals surface area contributed by atoms with Crippen LogP contribution in [0.4, 0.5) is 5.69 Å². The molecule has 1 unspecified atom stereocenters. The molecule has 1 saturated heterocycles. The lowest BCUT2D eigenvalue weighted by atomic mass is 10.2. The third-order valence-corrected chi connectivity index (χ3v) is 4.33. The summed E-state index contributed by atoms with van der Waals surface area (Å²) in [6.45, 7) is 5.73. The second-order valence-electron chi connectivity index (χ2n) is 5.07. The summed E-state index contributed by atoms with van der Waals surface area (Å²) >= 11 is 1.58. The summed E-state index contributed by atoms with van der Waals surface area (Å²) in [5.74, 6) is 0.0889. The minimum absolute atomic E-state index is 0.0779. The highest BCUT2D eigenvalue weighted by Gasteiger charge is 2.23. The van der Waals surface area contributed by atoms with E-state index in [0.717, 1.165) is 36.5 Å². The van der Waals surface area contributed by atoms with Crippen LogP contribution >= 0.6 is 11.3 Å². The molecule has 0 radical (unpaired) electrons. The van der Waals surface area contributed by atoms with E-state index in [1.54, 1.807) is 11.3 Å². The van der Waals surface area contributed by atoms with E-state index in [0.29, 0.717) is 6.54 Å². The number of likely N-dealkylation sites (tertiary alicyclic amines) is 1. The van der Waals surface area contributed by atoms with Gasteiger partial charge in [-0.3, -0.25) is 9.59 Å². The fraction of sp³-hybridized carbons (Fsp3) is 0.571. The second kappa shape index (κ2) is 6.85.